The molecule has 1 aromatic carbocycles. The molecule has 7 heteroatoms. The third-order valence-electron chi connectivity index (χ3n) is 4.94. The lowest BCUT2D eigenvalue weighted by molar-refractivity contribution is -0.137. The fraction of sp³-hybridized carbons (Fsp3) is 0.526. The Bertz CT molecular complexity index is 685. The number of piperidine rings is 1. The molecule has 0 saturated carbocycles. The van der Waals surface area contributed by atoms with Crippen molar-refractivity contribution in [3.8, 4) is 0 Å². The van der Waals surface area contributed by atoms with Crippen molar-refractivity contribution in [1.29, 1.82) is 0 Å². The van der Waals surface area contributed by atoms with Gasteiger partial charge in [0.1, 0.15) is 6.04 Å². The standard InChI is InChI=1S/C19H25N3O3S/c1-19(2)18(25)21-15(12-26-19)17(24)22-10-8-14(9-11-22)20-16(23)13-6-4-3-5-7-13/h3-7,14-15H,8-12H2,1-2H3,(H,20,23)(H,21,25)/t15-/m0/s1. The van der Waals surface area contributed by atoms with Crippen LogP contribution in [0.15, 0.2) is 30.3 Å². The number of nitrogens with zero attached hydrogens (tertiary/aromatic N) is 1. The van der Waals surface area contributed by atoms with Gasteiger partial charge in [-0.05, 0) is 38.8 Å². The number of benzene rings is 1. The Morgan fingerprint density at radius 2 is 1.85 bits per heavy atom. The van der Waals surface area contributed by atoms with Crippen LogP contribution in [0.2, 0.25) is 0 Å². The first-order valence-electron chi connectivity index (χ1n) is 8.96. The van der Waals surface area contributed by atoms with E-state index >= 15 is 0 Å². The van der Waals surface area contributed by atoms with Gasteiger partial charge in [0.15, 0.2) is 0 Å². The average molecular weight is 375 g/mol. The predicted molar refractivity (Wildman–Crippen MR) is 102 cm³/mol. The number of amides is 3. The third-order valence-corrected chi connectivity index (χ3v) is 6.35. The molecule has 0 spiro atoms. The molecule has 1 aromatic rings. The Hall–Kier alpha value is -2.02. The molecule has 26 heavy (non-hydrogen) atoms. The van der Waals surface area contributed by atoms with Crippen molar-refractivity contribution < 1.29 is 14.4 Å². The minimum Gasteiger partial charge on any atom is -0.349 e. The quantitative estimate of drug-likeness (QED) is 0.838. The Morgan fingerprint density at radius 1 is 1.19 bits per heavy atom. The zero-order chi connectivity index (χ0) is 18.7. The largest absolute Gasteiger partial charge is 0.349 e. The van der Waals surface area contributed by atoms with Crippen LogP contribution >= 0.6 is 11.8 Å². The highest BCUT2D eigenvalue weighted by Crippen LogP contribution is 2.29. The highest BCUT2D eigenvalue weighted by Gasteiger charge is 2.39. The molecule has 3 amide bonds. The lowest BCUT2D eigenvalue weighted by Gasteiger charge is -2.38. The van der Waals surface area contributed by atoms with Crippen LogP contribution in [0.25, 0.3) is 0 Å². The van der Waals surface area contributed by atoms with Gasteiger partial charge in [-0.2, -0.15) is 0 Å². The van der Waals surface area contributed by atoms with E-state index in [1.165, 1.54) is 11.8 Å². The van der Waals surface area contributed by atoms with E-state index in [9.17, 15) is 14.4 Å². The molecule has 1 atom stereocenters. The highest BCUT2D eigenvalue weighted by molar-refractivity contribution is 8.01. The molecular weight excluding hydrogens is 350 g/mol. The first-order valence-corrected chi connectivity index (χ1v) is 9.95. The molecule has 2 heterocycles. The van der Waals surface area contributed by atoms with E-state index in [0.29, 0.717) is 24.4 Å². The maximum absolute atomic E-state index is 12.7. The number of thioether (sulfide) groups is 1. The zero-order valence-corrected chi connectivity index (χ0v) is 16.0. The first kappa shape index (κ1) is 18.8. The summed E-state index contributed by atoms with van der Waals surface area (Å²) in [5, 5.41) is 5.89. The van der Waals surface area contributed by atoms with Crippen molar-refractivity contribution in [2.24, 2.45) is 0 Å². The Kier molecular flexibility index (Phi) is 5.55. The van der Waals surface area contributed by atoms with Crippen molar-refractivity contribution >= 4 is 29.5 Å². The summed E-state index contributed by atoms with van der Waals surface area (Å²) in [6.07, 6.45) is 1.45. The maximum Gasteiger partial charge on any atom is 0.251 e. The third kappa shape index (κ3) is 4.20. The number of carbonyl (C=O) groups excluding carboxylic acids is 3. The summed E-state index contributed by atoms with van der Waals surface area (Å²) in [4.78, 5) is 38.8. The smallest absolute Gasteiger partial charge is 0.251 e. The van der Waals surface area contributed by atoms with Crippen LogP contribution in [-0.2, 0) is 9.59 Å². The summed E-state index contributed by atoms with van der Waals surface area (Å²) < 4.78 is -0.481. The van der Waals surface area contributed by atoms with Gasteiger partial charge in [-0.15, -0.1) is 11.8 Å². The molecular formula is C19H25N3O3S. The van der Waals surface area contributed by atoms with E-state index in [1.54, 1.807) is 17.0 Å². The van der Waals surface area contributed by atoms with E-state index < -0.39 is 10.8 Å². The molecule has 140 valence electrons. The lowest BCUT2D eigenvalue weighted by atomic mass is 10.0. The van der Waals surface area contributed by atoms with Gasteiger partial charge in [0.2, 0.25) is 11.8 Å². The summed E-state index contributed by atoms with van der Waals surface area (Å²) in [7, 11) is 0. The molecule has 0 aromatic heterocycles. The molecule has 0 radical (unpaired) electrons. The van der Waals surface area contributed by atoms with Gasteiger partial charge in [0.05, 0.1) is 4.75 Å². The van der Waals surface area contributed by atoms with E-state index in [-0.39, 0.29) is 23.8 Å². The predicted octanol–water partition coefficient (Wildman–Crippen LogP) is 1.42. The highest BCUT2D eigenvalue weighted by atomic mass is 32.2. The lowest BCUT2D eigenvalue weighted by Crippen LogP contribution is -2.59. The second-order valence-electron chi connectivity index (χ2n) is 7.29. The number of rotatable bonds is 3. The van der Waals surface area contributed by atoms with Gasteiger partial charge in [0, 0.05) is 30.4 Å². The topological polar surface area (TPSA) is 78.5 Å². The molecule has 0 unspecified atom stereocenters. The molecule has 2 saturated heterocycles. The molecule has 6 nitrogen and oxygen atoms in total. The Balaban J connectivity index is 1.48. The van der Waals surface area contributed by atoms with Crippen molar-refractivity contribution in [1.82, 2.24) is 15.5 Å². The SMILES string of the molecule is CC1(C)SC[C@@H](C(=O)N2CCC(NC(=O)c3ccccc3)CC2)NC1=O. The van der Waals surface area contributed by atoms with Gasteiger partial charge < -0.3 is 15.5 Å². The number of carbonyl (C=O) groups is 3. The summed E-state index contributed by atoms with van der Waals surface area (Å²) in [6.45, 7) is 4.93. The van der Waals surface area contributed by atoms with Crippen molar-refractivity contribution in [2.45, 2.75) is 43.5 Å². The minimum atomic E-state index is -0.481. The Labute approximate surface area is 158 Å². The van der Waals surface area contributed by atoms with Crippen LogP contribution in [0.3, 0.4) is 0 Å². The average Bonchev–Trinajstić information content (AvgIpc) is 2.65. The van der Waals surface area contributed by atoms with Crippen LogP contribution in [0.4, 0.5) is 0 Å². The number of hydrogen-bond donors (Lipinski definition) is 2. The molecule has 0 bridgehead atoms. The fourth-order valence-electron chi connectivity index (χ4n) is 3.19. The van der Waals surface area contributed by atoms with Crippen molar-refractivity contribution in [2.75, 3.05) is 18.8 Å². The summed E-state index contributed by atoms with van der Waals surface area (Å²) in [5.74, 6) is 0.419. The molecule has 2 aliphatic heterocycles. The maximum atomic E-state index is 12.7. The van der Waals surface area contributed by atoms with Crippen LogP contribution in [-0.4, -0.2) is 58.3 Å². The second kappa shape index (κ2) is 7.70. The van der Waals surface area contributed by atoms with Gasteiger partial charge in [-0.1, -0.05) is 18.2 Å². The van der Waals surface area contributed by atoms with Gasteiger partial charge in [-0.25, -0.2) is 0 Å². The van der Waals surface area contributed by atoms with Crippen LogP contribution in [0, 0.1) is 0 Å². The van der Waals surface area contributed by atoms with E-state index in [2.05, 4.69) is 10.6 Å². The molecule has 2 aliphatic rings. The van der Waals surface area contributed by atoms with Gasteiger partial charge in [0.25, 0.3) is 5.91 Å². The van der Waals surface area contributed by atoms with E-state index in [4.69, 9.17) is 0 Å². The number of likely N-dealkylation sites (tertiary alicyclic amines) is 1. The number of nitrogens with one attached hydrogen (secondary N) is 2. The minimum absolute atomic E-state index is 0.0193. The normalized spacial score (nSPS) is 23.2. The van der Waals surface area contributed by atoms with Gasteiger partial charge >= 0.3 is 0 Å². The van der Waals surface area contributed by atoms with E-state index in [1.807, 2.05) is 32.0 Å². The zero-order valence-electron chi connectivity index (χ0n) is 15.2. The number of hydrogen-bond acceptors (Lipinski definition) is 4. The summed E-state index contributed by atoms with van der Waals surface area (Å²) >= 11 is 1.52. The molecule has 0 aliphatic carbocycles. The summed E-state index contributed by atoms with van der Waals surface area (Å²) in [5.41, 5.74) is 0.649. The van der Waals surface area contributed by atoms with Crippen molar-refractivity contribution in [3.05, 3.63) is 35.9 Å². The van der Waals surface area contributed by atoms with E-state index in [0.717, 1.165) is 12.8 Å². The second-order valence-corrected chi connectivity index (χ2v) is 8.93. The monoisotopic (exact) mass is 375 g/mol. The Morgan fingerprint density at radius 3 is 2.46 bits per heavy atom. The summed E-state index contributed by atoms with van der Waals surface area (Å²) in [6, 6.07) is 8.77. The van der Waals surface area contributed by atoms with Gasteiger partial charge in [-0.3, -0.25) is 14.4 Å². The van der Waals surface area contributed by atoms with Crippen molar-refractivity contribution in [3.63, 3.8) is 0 Å². The molecule has 2 N–H and O–H groups in total. The van der Waals surface area contributed by atoms with Crippen LogP contribution in [0.1, 0.15) is 37.0 Å². The van der Waals surface area contributed by atoms with Crippen LogP contribution < -0.4 is 10.6 Å². The first-order chi connectivity index (χ1) is 12.4. The molecule has 2 fully saturated rings. The molecule has 3 rings (SSSR count). The fourth-order valence-corrected chi connectivity index (χ4v) is 4.19. The van der Waals surface area contributed by atoms with Crippen LogP contribution in [0.5, 0.6) is 0 Å².